The first-order chi connectivity index (χ1) is 7.24. The lowest BCUT2D eigenvalue weighted by Crippen LogP contribution is -2.26. The van der Waals surface area contributed by atoms with E-state index in [4.69, 9.17) is 16.3 Å². The third-order valence-corrected chi connectivity index (χ3v) is 3.26. The highest BCUT2D eigenvalue weighted by atomic mass is 35.5. The second-order valence-electron chi connectivity index (χ2n) is 4.45. The predicted molar refractivity (Wildman–Crippen MR) is 63.3 cm³/mol. The van der Waals surface area contributed by atoms with Gasteiger partial charge in [-0.25, -0.2) is 0 Å². The Morgan fingerprint density at radius 3 is 2.73 bits per heavy atom. The molecule has 0 amide bonds. The molecule has 15 heavy (non-hydrogen) atoms. The summed E-state index contributed by atoms with van der Waals surface area (Å²) in [4.78, 5) is 0. The van der Waals surface area contributed by atoms with Gasteiger partial charge in [0.25, 0.3) is 0 Å². The first kappa shape index (κ1) is 11.0. The van der Waals surface area contributed by atoms with E-state index in [-0.39, 0.29) is 0 Å². The average Bonchev–Trinajstić information content (AvgIpc) is 2.22. The molecule has 0 spiro atoms. The lowest BCUT2D eigenvalue weighted by Gasteiger charge is -2.27. The molecule has 2 rings (SSSR count). The van der Waals surface area contributed by atoms with Crippen LogP contribution in [0.25, 0.3) is 0 Å². The zero-order valence-electron chi connectivity index (χ0n) is 9.08. The van der Waals surface area contributed by atoms with Crippen LogP contribution in [0.2, 0.25) is 5.02 Å². The smallest absolute Gasteiger partial charge is 0.0618 e. The Morgan fingerprint density at radius 2 is 2.07 bits per heavy atom. The predicted octanol–water partition coefficient (Wildman–Crippen LogP) is 3.70. The van der Waals surface area contributed by atoms with Gasteiger partial charge in [-0.05, 0) is 42.9 Å². The van der Waals surface area contributed by atoms with E-state index in [0.29, 0.717) is 6.10 Å². The zero-order chi connectivity index (χ0) is 10.7. The third-order valence-electron chi connectivity index (χ3n) is 3.01. The highest BCUT2D eigenvalue weighted by molar-refractivity contribution is 6.30. The molecule has 0 bridgehead atoms. The van der Waals surface area contributed by atoms with Crippen molar-refractivity contribution in [3.05, 3.63) is 34.9 Å². The van der Waals surface area contributed by atoms with Crippen LogP contribution in [0.5, 0.6) is 0 Å². The second kappa shape index (κ2) is 5.00. The average molecular weight is 225 g/mol. The molecule has 82 valence electrons. The van der Waals surface area contributed by atoms with Gasteiger partial charge in [0, 0.05) is 11.6 Å². The summed E-state index contributed by atoms with van der Waals surface area (Å²) in [6, 6.07) is 8.07. The summed E-state index contributed by atoms with van der Waals surface area (Å²) in [7, 11) is 0. The maximum absolute atomic E-state index is 5.85. The number of benzene rings is 1. The van der Waals surface area contributed by atoms with Crippen LogP contribution in [-0.4, -0.2) is 12.7 Å². The molecule has 1 aromatic rings. The molecule has 2 unspecified atom stereocenters. The van der Waals surface area contributed by atoms with E-state index in [0.717, 1.165) is 24.0 Å². The molecule has 1 fully saturated rings. The molecule has 1 nitrogen and oxygen atoms in total. The maximum atomic E-state index is 5.85. The third kappa shape index (κ3) is 3.22. The van der Waals surface area contributed by atoms with E-state index in [1.165, 1.54) is 18.4 Å². The molecule has 0 aliphatic carbocycles. The van der Waals surface area contributed by atoms with Gasteiger partial charge >= 0.3 is 0 Å². The topological polar surface area (TPSA) is 9.23 Å². The van der Waals surface area contributed by atoms with Gasteiger partial charge in [-0.15, -0.1) is 0 Å². The lowest BCUT2D eigenvalue weighted by molar-refractivity contribution is -0.00410. The minimum atomic E-state index is 0.398. The van der Waals surface area contributed by atoms with Crippen LogP contribution in [0.4, 0.5) is 0 Å². The van der Waals surface area contributed by atoms with Crippen molar-refractivity contribution in [3.63, 3.8) is 0 Å². The fraction of sp³-hybridized carbons (Fsp3) is 0.538. The molecule has 0 saturated carbocycles. The summed E-state index contributed by atoms with van der Waals surface area (Å²) in [5.41, 5.74) is 1.32. The molecule has 2 atom stereocenters. The van der Waals surface area contributed by atoms with Crippen LogP contribution in [0.1, 0.15) is 25.3 Å². The second-order valence-corrected chi connectivity index (χ2v) is 4.89. The van der Waals surface area contributed by atoms with Crippen LogP contribution in [-0.2, 0) is 11.2 Å². The first-order valence-corrected chi connectivity index (χ1v) is 5.98. The van der Waals surface area contributed by atoms with Gasteiger partial charge in [0.05, 0.1) is 6.10 Å². The Labute approximate surface area is 96.4 Å². The first-order valence-electron chi connectivity index (χ1n) is 5.60. The molecule has 0 radical (unpaired) electrons. The molecular formula is C13H17ClO. The molecule has 1 saturated heterocycles. The Hall–Kier alpha value is -0.530. The van der Waals surface area contributed by atoms with Crippen molar-refractivity contribution in [2.45, 2.75) is 32.3 Å². The maximum Gasteiger partial charge on any atom is 0.0618 e. The Balaban J connectivity index is 1.93. The molecular weight excluding hydrogens is 208 g/mol. The van der Waals surface area contributed by atoms with Crippen molar-refractivity contribution in [2.75, 3.05) is 6.61 Å². The quantitative estimate of drug-likeness (QED) is 0.745. The summed E-state index contributed by atoms with van der Waals surface area (Å²) in [6.45, 7) is 3.22. The van der Waals surface area contributed by atoms with Gasteiger partial charge in [0.15, 0.2) is 0 Å². The van der Waals surface area contributed by atoms with E-state index in [9.17, 15) is 0 Å². The van der Waals surface area contributed by atoms with Crippen molar-refractivity contribution in [1.29, 1.82) is 0 Å². The Kier molecular flexibility index (Phi) is 3.66. The van der Waals surface area contributed by atoms with E-state index >= 15 is 0 Å². The number of hydrogen-bond donors (Lipinski definition) is 0. The molecule has 1 aromatic carbocycles. The molecule has 2 heteroatoms. The summed E-state index contributed by atoms with van der Waals surface area (Å²) >= 11 is 5.85. The standard InChI is InChI=1S/C13H17ClO/c1-10-6-7-15-13(8-10)9-11-2-4-12(14)5-3-11/h2-5,10,13H,6-9H2,1H3. The van der Waals surface area contributed by atoms with Crippen LogP contribution in [0.3, 0.4) is 0 Å². The van der Waals surface area contributed by atoms with E-state index < -0.39 is 0 Å². The largest absolute Gasteiger partial charge is 0.378 e. The summed E-state index contributed by atoms with van der Waals surface area (Å²) in [6.07, 6.45) is 3.80. The normalized spacial score (nSPS) is 26.5. The SMILES string of the molecule is CC1CCOC(Cc2ccc(Cl)cc2)C1. The van der Waals surface area contributed by atoms with E-state index in [1.54, 1.807) is 0 Å². The number of hydrogen-bond acceptors (Lipinski definition) is 1. The van der Waals surface area contributed by atoms with Gasteiger partial charge < -0.3 is 4.74 Å². The Bertz CT molecular complexity index is 307. The van der Waals surface area contributed by atoms with Gasteiger partial charge in [0.1, 0.15) is 0 Å². The van der Waals surface area contributed by atoms with E-state index in [1.807, 2.05) is 12.1 Å². The van der Waals surface area contributed by atoms with Gasteiger partial charge in [-0.1, -0.05) is 30.7 Å². The number of rotatable bonds is 2. The highest BCUT2D eigenvalue weighted by Crippen LogP contribution is 2.22. The molecule has 0 N–H and O–H groups in total. The van der Waals surface area contributed by atoms with Gasteiger partial charge in [-0.2, -0.15) is 0 Å². The molecule has 1 heterocycles. The molecule has 0 aromatic heterocycles. The number of halogens is 1. The fourth-order valence-electron chi connectivity index (χ4n) is 2.10. The molecule has 1 aliphatic heterocycles. The van der Waals surface area contributed by atoms with Crippen LogP contribution in [0.15, 0.2) is 24.3 Å². The lowest BCUT2D eigenvalue weighted by atomic mass is 9.94. The van der Waals surface area contributed by atoms with Crippen LogP contribution < -0.4 is 0 Å². The van der Waals surface area contributed by atoms with Gasteiger partial charge in [-0.3, -0.25) is 0 Å². The zero-order valence-corrected chi connectivity index (χ0v) is 9.83. The Morgan fingerprint density at radius 1 is 1.33 bits per heavy atom. The highest BCUT2D eigenvalue weighted by Gasteiger charge is 2.19. The van der Waals surface area contributed by atoms with E-state index in [2.05, 4.69) is 19.1 Å². The van der Waals surface area contributed by atoms with Gasteiger partial charge in [0.2, 0.25) is 0 Å². The minimum absolute atomic E-state index is 0.398. The number of ether oxygens (including phenoxy) is 1. The van der Waals surface area contributed by atoms with Crippen molar-refractivity contribution in [1.82, 2.24) is 0 Å². The van der Waals surface area contributed by atoms with Crippen molar-refractivity contribution < 1.29 is 4.74 Å². The minimum Gasteiger partial charge on any atom is -0.378 e. The summed E-state index contributed by atoms with van der Waals surface area (Å²) < 4.78 is 5.75. The van der Waals surface area contributed by atoms with Crippen molar-refractivity contribution >= 4 is 11.6 Å². The van der Waals surface area contributed by atoms with Crippen LogP contribution >= 0.6 is 11.6 Å². The summed E-state index contributed by atoms with van der Waals surface area (Å²) in [5, 5.41) is 0.802. The van der Waals surface area contributed by atoms with Crippen molar-refractivity contribution in [3.8, 4) is 0 Å². The fourth-order valence-corrected chi connectivity index (χ4v) is 2.22. The van der Waals surface area contributed by atoms with Crippen LogP contribution in [0, 0.1) is 5.92 Å². The van der Waals surface area contributed by atoms with Crippen molar-refractivity contribution in [2.24, 2.45) is 5.92 Å². The molecule has 1 aliphatic rings. The monoisotopic (exact) mass is 224 g/mol. The summed E-state index contributed by atoms with van der Waals surface area (Å²) in [5.74, 6) is 0.802.